The highest BCUT2D eigenvalue weighted by atomic mass is 19.1. The maximum atomic E-state index is 12.8. The lowest BCUT2D eigenvalue weighted by atomic mass is 10.1. The first kappa shape index (κ1) is 9.92. The van der Waals surface area contributed by atoms with Crippen LogP contribution in [0.25, 0.3) is 0 Å². The van der Waals surface area contributed by atoms with Crippen molar-refractivity contribution in [3.05, 3.63) is 23.6 Å². The minimum absolute atomic E-state index is 0.274. The SMILES string of the molecule is CCC(O)c1cc(F)cnc1OC. The molecule has 0 fully saturated rings. The summed E-state index contributed by atoms with van der Waals surface area (Å²) in [5, 5.41) is 9.48. The molecule has 1 unspecified atom stereocenters. The van der Waals surface area contributed by atoms with Gasteiger partial charge in [0.05, 0.1) is 19.4 Å². The summed E-state index contributed by atoms with van der Waals surface area (Å²) in [6, 6.07) is 1.24. The molecule has 13 heavy (non-hydrogen) atoms. The summed E-state index contributed by atoms with van der Waals surface area (Å²) in [6.07, 6.45) is 0.838. The van der Waals surface area contributed by atoms with Crippen molar-refractivity contribution >= 4 is 0 Å². The van der Waals surface area contributed by atoms with Gasteiger partial charge in [-0.15, -0.1) is 0 Å². The Morgan fingerprint density at radius 3 is 2.92 bits per heavy atom. The number of hydrogen-bond donors (Lipinski definition) is 1. The van der Waals surface area contributed by atoms with Crippen LogP contribution in [0, 0.1) is 5.82 Å². The first-order valence-corrected chi connectivity index (χ1v) is 4.06. The molecule has 0 bridgehead atoms. The van der Waals surface area contributed by atoms with Gasteiger partial charge >= 0.3 is 0 Å². The summed E-state index contributed by atoms with van der Waals surface area (Å²) in [7, 11) is 1.44. The Morgan fingerprint density at radius 2 is 2.38 bits per heavy atom. The van der Waals surface area contributed by atoms with E-state index in [9.17, 15) is 9.50 Å². The first-order valence-electron chi connectivity index (χ1n) is 4.06. The van der Waals surface area contributed by atoms with E-state index >= 15 is 0 Å². The van der Waals surface area contributed by atoms with Crippen molar-refractivity contribution < 1.29 is 14.2 Å². The summed E-state index contributed by atoms with van der Waals surface area (Å²) in [5.41, 5.74) is 0.394. The molecule has 0 saturated carbocycles. The van der Waals surface area contributed by atoms with Crippen molar-refractivity contribution in [3.63, 3.8) is 0 Å². The van der Waals surface area contributed by atoms with Crippen molar-refractivity contribution in [2.75, 3.05) is 7.11 Å². The summed E-state index contributed by atoms with van der Waals surface area (Å²) in [6.45, 7) is 1.80. The van der Waals surface area contributed by atoms with Gasteiger partial charge in [0.25, 0.3) is 0 Å². The van der Waals surface area contributed by atoms with Gasteiger partial charge in [-0.05, 0) is 12.5 Å². The van der Waals surface area contributed by atoms with Crippen molar-refractivity contribution in [2.45, 2.75) is 19.4 Å². The number of methoxy groups -OCH3 is 1. The molecule has 0 aromatic carbocycles. The van der Waals surface area contributed by atoms with E-state index in [0.29, 0.717) is 12.0 Å². The second-order valence-corrected chi connectivity index (χ2v) is 2.68. The largest absolute Gasteiger partial charge is 0.481 e. The third-order valence-electron chi connectivity index (χ3n) is 1.78. The van der Waals surface area contributed by atoms with Gasteiger partial charge in [0.1, 0.15) is 5.82 Å². The molecule has 0 saturated heterocycles. The number of hydrogen-bond acceptors (Lipinski definition) is 3. The van der Waals surface area contributed by atoms with Crippen LogP contribution in [-0.2, 0) is 0 Å². The van der Waals surface area contributed by atoms with Gasteiger partial charge < -0.3 is 9.84 Å². The van der Waals surface area contributed by atoms with E-state index in [0.717, 1.165) is 6.20 Å². The number of rotatable bonds is 3. The maximum absolute atomic E-state index is 12.8. The Kier molecular flexibility index (Phi) is 3.19. The van der Waals surface area contributed by atoms with Crippen LogP contribution >= 0.6 is 0 Å². The Morgan fingerprint density at radius 1 is 1.69 bits per heavy atom. The van der Waals surface area contributed by atoms with Crippen LogP contribution in [0.5, 0.6) is 5.88 Å². The minimum atomic E-state index is -0.724. The van der Waals surface area contributed by atoms with Crippen LogP contribution in [0.15, 0.2) is 12.3 Å². The van der Waals surface area contributed by atoms with Crippen LogP contribution in [-0.4, -0.2) is 17.2 Å². The lowest BCUT2D eigenvalue weighted by Crippen LogP contribution is -2.01. The molecule has 0 aliphatic carbocycles. The molecule has 1 atom stereocenters. The highest BCUT2D eigenvalue weighted by Gasteiger charge is 2.13. The minimum Gasteiger partial charge on any atom is -0.481 e. The third-order valence-corrected chi connectivity index (χ3v) is 1.78. The molecule has 1 aromatic heterocycles. The van der Waals surface area contributed by atoms with Gasteiger partial charge in [0, 0.05) is 5.56 Å². The molecular weight excluding hydrogens is 173 g/mol. The topological polar surface area (TPSA) is 42.4 Å². The maximum Gasteiger partial charge on any atom is 0.219 e. The first-order chi connectivity index (χ1) is 6.19. The fourth-order valence-electron chi connectivity index (χ4n) is 1.07. The molecule has 1 N–H and O–H groups in total. The Balaban J connectivity index is 3.07. The molecule has 4 heteroatoms. The normalized spacial score (nSPS) is 12.6. The quantitative estimate of drug-likeness (QED) is 0.778. The number of pyridine rings is 1. The molecule has 1 aromatic rings. The van der Waals surface area contributed by atoms with Crippen molar-refractivity contribution in [2.24, 2.45) is 0 Å². The average Bonchev–Trinajstić information content (AvgIpc) is 2.16. The molecule has 0 amide bonds. The zero-order valence-electron chi connectivity index (χ0n) is 7.62. The van der Waals surface area contributed by atoms with Crippen LogP contribution in [0.4, 0.5) is 4.39 Å². The van der Waals surface area contributed by atoms with Crippen LogP contribution in [0.3, 0.4) is 0 Å². The standard InChI is InChI=1S/C9H12FNO2/c1-3-8(12)7-4-6(10)5-11-9(7)13-2/h4-5,8,12H,3H2,1-2H3. The lowest BCUT2D eigenvalue weighted by Gasteiger charge is -2.11. The van der Waals surface area contributed by atoms with Gasteiger partial charge in [-0.3, -0.25) is 0 Å². The van der Waals surface area contributed by atoms with E-state index in [2.05, 4.69) is 4.98 Å². The van der Waals surface area contributed by atoms with Gasteiger partial charge in [-0.25, -0.2) is 9.37 Å². The van der Waals surface area contributed by atoms with E-state index in [4.69, 9.17) is 4.74 Å². The second-order valence-electron chi connectivity index (χ2n) is 2.68. The van der Waals surface area contributed by atoms with Gasteiger partial charge in [0.15, 0.2) is 0 Å². The Hall–Kier alpha value is -1.16. The zero-order valence-corrected chi connectivity index (χ0v) is 7.62. The molecule has 1 rings (SSSR count). The van der Waals surface area contributed by atoms with Gasteiger partial charge in [-0.1, -0.05) is 6.92 Å². The average molecular weight is 185 g/mol. The molecule has 0 spiro atoms. The Bertz CT molecular complexity index is 291. The number of nitrogens with zero attached hydrogens (tertiary/aromatic N) is 1. The predicted molar refractivity (Wildman–Crippen MR) is 46.0 cm³/mol. The van der Waals surface area contributed by atoms with Gasteiger partial charge in [-0.2, -0.15) is 0 Å². The fourth-order valence-corrected chi connectivity index (χ4v) is 1.07. The van der Waals surface area contributed by atoms with E-state index in [1.165, 1.54) is 13.2 Å². The van der Waals surface area contributed by atoms with Crippen molar-refractivity contribution in [1.82, 2.24) is 4.98 Å². The van der Waals surface area contributed by atoms with E-state index in [1.54, 1.807) is 6.92 Å². The Labute approximate surface area is 76.2 Å². The van der Waals surface area contributed by atoms with E-state index < -0.39 is 11.9 Å². The fraction of sp³-hybridized carbons (Fsp3) is 0.444. The number of halogens is 1. The summed E-state index contributed by atoms with van der Waals surface area (Å²) >= 11 is 0. The molecule has 72 valence electrons. The van der Waals surface area contributed by atoms with Crippen LogP contribution in [0.1, 0.15) is 25.0 Å². The third kappa shape index (κ3) is 2.15. The summed E-state index contributed by atoms with van der Waals surface area (Å²) in [5.74, 6) is -0.195. The summed E-state index contributed by atoms with van der Waals surface area (Å²) in [4.78, 5) is 3.71. The number of ether oxygens (including phenoxy) is 1. The molecule has 1 heterocycles. The number of aromatic nitrogens is 1. The van der Waals surface area contributed by atoms with E-state index in [1.807, 2.05) is 0 Å². The monoisotopic (exact) mass is 185 g/mol. The van der Waals surface area contributed by atoms with Gasteiger partial charge in [0.2, 0.25) is 5.88 Å². The second kappa shape index (κ2) is 4.18. The number of aliphatic hydroxyl groups excluding tert-OH is 1. The molecular formula is C9H12FNO2. The molecule has 0 aliphatic rings. The molecule has 0 radical (unpaired) electrons. The van der Waals surface area contributed by atoms with Crippen molar-refractivity contribution in [3.8, 4) is 5.88 Å². The highest BCUT2D eigenvalue weighted by molar-refractivity contribution is 5.28. The van der Waals surface area contributed by atoms with Crippen LogP contribution < -0.4 is 4.74 Å². The molecule has 3 nitrogen and oxygen atoms in total. The molecule has 0 aliphatic heterocycles. The summed E-state index contributed by atoms with van der Waals surface area (Å²) < 4.78 is 17.6. The zero-order chi connectivity index (χ0) is 9.84. The highest BCUT2D eigenvalue weighted by Crippen LogP contribution is 2.25. The van der Waals surface area contributed by atoms with E-state index in [-0.39, 0.29) is 5.88 Å². The number of aliphatic hydroxyl groups is 1. The van der Waals surface area contributed by atoms with Crippen LogP contribution in [0.2, 0.25) is 0 Å². The predicted octanol–water partition coefficient (Wildman–Crippen LogP) is 1.67. The lowest BCUT2D eigenvalue weighted by molar-refractivity contribution is 0.167. The van der Waals surface area contributed by atoms with Crippen molar-refractivity contribution in [1.29, 1.82) is 0 Å². The smallest absolute Gasteiger partial charge is 0.219 e.